The van der Waals surface area contributed by atoms with E-state index in [0.717, 1.165) is 24.8 Å². The van der Waals surface area contributed by atoms with Crippen molar-refractivity contribution in [3.8, 4) is 17.0 Å². The summed E-state index contributed by atoms with van der Waals surface area (Å²) < 4.78 is 16.6. The molecule has 2 aromatic rings. The first-order valence-electron chi connectivity index (χ1n) is 16.9. The Morgan fingerprint density at radius 3 is 2.29 bits per heavy atom. The maximum absolute atomic E-state index is 13.7. The van der Waals surface area contributed by atoms with Crippen LogP contribution in [0.3, 0.4) is 0 Å². The van der Waals surface area contributed by atoms with E-state index in [-0.39, 0.29) is 63.3 Å². The summed E-state index contributed by atoms with van der Waals surface area (Å²) in [5, 5.41) is 12.1. The standard InChI is InChI=1S/C35H47N5O9/c1-3-4-8-21-48-35(46)40-19-17-39(18-20-40)34(45)28(11-12-32(42)43)37-33(44)30-23-27(22-29(36-30)25-9-6-5-7-10-25)49-26-13-15-38(16-14-26)31(41)24-47-2/h5-7,9-10,22-23,26,28H,3-4,8,11-21,24H2,1-2H3,(H,37,44)(H,42,43)/t28-/m0/s1. The zero-order chi connectivity index (χ0) is 35.2. The van der Waals surface area contributed by atoms with Gasteiger partial charge < -0.3 is 39.3 Å². The molecule has 1 atom stereocenters. The largest absolute Gasteiger partial charge is 0.490 e. The van der Waals surface area contributed by atoms with Crippen molar-refractivity contribution < 1.29 is 43.3 Å². The fourth-order valence-corrected chi connectivity index (χ4v) is 5.77. The SMILES string of the molecule is CCCCCOC(=O)N1CCN(C(=O)[C@H](CCC(=O)O)NC(=O)c2cc(OC3CCN(C(=O)COC)CC3)cc(-c3ccccc3)n2)CC1. The number of hydrogen-bond acceptors (Lipinski definition) is 9. The Morgan fingerprint density at radius 2 is 1.63 bits per heavy atom. The number of nitrogens with one attached hydrogen (secondary N) is 1. The predicted octanol–water partition coefficient (Wildman–Crippen LogP) is 3.20. The minimum absolute atomic E-state index is 0.00724. The third kappa shape index (κ3) is 11.2. The van der Waals surface area contributed by atoms with Gasteiger partial charge in [-0.25, -0.2) is 9.78 Å². The minimum atomic E-state index is -1.13. The molecule has 2 saturated heterocycles. The molecule has 4 amide bonds. The summed E-state index contributed by atoms with van der Waals surface area (Å²) in [6.45, 7) is 4.42. The Bertz CT molecular complexity index is 1420. The van der Waals surface area contributed by atoms with Crippen LogP contribution in [-0.4, -0.2) is 126 Å². The number of carboxylic acids is 1. The molecule has 3 heterocycles. The Balaban J connectivity index is 1.46. The quantitative estimate of drug-likeness (QED) is 0.267. The van der Waals surface area contributed by atoms with Gasteiger partial charge in [0.05, 0.1) is 12.3 Å². The van der Waals surface area contributed by atoms with Crippen LogP contribution >= 0.6 is 0 Å². The number of carbonyl (C=O) groups is 5. The maximum atomic E-state index is 13.7. The second-order valence-electron chi connectivity index (χ2n) is 12.2. The highest BCUT2D eigenvalue weighted by molar-refractivity contribution is 5.97. The summed E-state index contributed by atoms with van der Waals surface area (Å²) >= 11 is 0. The van der Waals surface area contributed by atoms with E-state index in [0.29, 0.717) is 44.0 Å². The molecule has 2 aliphatic rings. The van der Waals surface area contributed by atoms with Gasteiger partial charge >= 0.3 is 12.1 Å². The Hall–Kier alpha value is -4.72. The van der Waals surface area contributed by atoms with Gasteiger partial charge in [0.2, 0.25) is 11.8 Å². The normalized spacial score (nSPS) is 15.8. The van der Waals surface area contributed by atoms with Crippen molar-refractivity contribution in [1.82, 2.24) is 25.0 Å². The number of carboxylic acid groups (broad SMARTS) is 1. The smallest absolute Gasteiger partial charge is 0.409 e. The second-order valence-corrected chi connectivity index (χ2v) is 12.2. The highest BCUT2D eigenvalue weighted by Gasteiger charge is 2.32. The summed E-state index contributed by atoms with van der Waals surface area (Å²) in [5.74, 6) is -1.86. The van der Waals surface area contributed by atoms with E-state index in [1.807, 2.05) is 30.3 Å². The van der Waals surface area contributed by atoms with E-state index in [2.05, 4.69) is 17.2 Å². The molecule has 0 unspecified atom stereocenters. The van der Waals surface area contributed by atoms with E-state index in [1.165, 1.54) is 18.1 Å². The second kappa shape index (κ2) is 18.7. The molecule has 1 aromatic heterocycles. The molecule has 2 fully saturated rings. The van der Waals surface area contributed by atoms with Crippen molar-refractivity contribution in [1.29, 1.82) is 0 Å². The Labute approximate surface area is 286 Å². The monoisotopic (exact) mass is 681 g/mol. The van der Waals surface area contributed by atoms with Crippen LogP contribution in [0.5, 0.6) is 5.75 Å². The number of amides is 4. The summed E-state index contributed by atoms with van der Waals surface area (Å²) in [6, 6.07) is 11.4. The van der Waals surface area contributed by atoms with E-state index in [4.69, 9.17) is 14.2 Å². The number of carbonyl (C=O) groups excluding carboxylic acids is 4. The topological polar surface area (TPSA) is 168 Å². The number of hydrogen-bond donors (Lipinski definition) is 2. The van der Waals surface area contributed by atoms with E-state index in [1.54, 1.807) is 15.9 Å². The molecule has 0 bridgehead atoms. The Kier molecular flexibility index (Phi) is 14.2. The van der Waals surface area contributed by atoms with Crippen LogP contribution in [0.1, 0.15) is 62.4 Å². The van der Waals surface area contributed by atoms with Crippen LogP contribution in [0, 0.1) is 0 Å². The van der Waals surface area contributed by atoms with Crippen LogP contribution in [0.15, 0.2) is 42.5 Å². The number of aromatic nitrogens is 1. The van der Waals surface area contributed by atoms with Crippen LogP contribution in [0.25, 0.3) is 11.3 Å². The van der Waals surface area contributed by atoms with Gasteiger partial charge in [-0.05, 0) is 12.8 Å². The molecule has 266 valence electrons. The van der Waals surface area contributed by atoms with Crippen molar-refractivity contribution >= 4 is 29.8 Å². The fraction of sp³-hybridized carbons (Fsp3) is 0.543. The molecule has 14 heteroatoms. The minimum Gasteiger partial charge on any atom is -0.490 e. The van der Waals surface area contributed by atoms with E-state index < -0.39 is 29.9 Å². The molecule has 49 heavy (non-hydrogen) atoms. The lowest BCUT2D eigenvalue weighted by molar-refractivity contribution is -0.139. The van der Waals surface area contributed by atoms with Crippen LogP contribution in [0.2, 0.25) is 0 Å². The molecule has 14 nitrogen and oxygen atoms in total. The lowest BCUT2D eigenvalue weighted by atomic mass is 10.1. The molecular formula is C35H47N5O9. The molecule has 0 spiro atoms. The number of rotatable bonds is 15. The summed E-state index contributed by atoms with van der Waals surface area (Å²) in [5.41, 5.74) is 1.25. The number of ether oxygens (including phenoxy) is 3. The first-order chi connectivity index (χ1) is 23.7. The van der Waals surface area contributed by atoms with Gasteiger partial charge in [0.15, 0.2) is 0 Å². The first kappa shape index (κ1) is 37.1. The summed E-state index contributed by atoms with van der Waals surface area (Å²) in [4.78, 5) is 72.9. The third-order valence-electron chi connectivity index (χ3n) is 8.54. The number of nitrogens with zero attached hydrogens (tertiary/aromatic N) is 4. The molecular weight excluding hydrogens is 634 g/mol. The van der Waals surface area contributed by atoms with Crippen LogP contribution in [0.4, 0.5) is 4.79 Å². The predicted molar refractivity (Wildman–Crippen MR) is 179 cm³/mol. The van der Waals surface area contributed by atoms with Gasteiger partial charge in [-0.2, -0.15) is 0 Å². The number of piperidine rings is 1. The molecule has 0 radical (unpaired) electrons. The number of pyridine rings is 1. The average Bonchev–Trinajstić information content (AvgIpc) is 3.12. The molecule has 2 N–H and O–H groups in total. The number of aliphatic carboxylic acids is 1. The van der Waals surface area contributed by atoms with Crippen molar-refractivity contribution in [3.05, 3.63) is 48.2 Å². The average molecular weight is 682 g/mol. The Morgan fingerprint density at radius 1 is 0.939 bits per heavy atom. The van der Waals surface area contributed by atoms with Gasteiger partial charge in [-0.1, -0.05) is 50.1 Å². The van der Waals surface area contributed by atoms with Gasteiger partial charge in [0.25, 0.3) is 5.91 Å². The number of unbranched alkanes of at least 4 members (excludes halogenated alkanes) is 2. The molecule has 0 aliphatic carbocycles. The van der Waals surface area contributed by atoms with Crippen molar-refractivity contribution in [2.24, 2.45) is 0 Å². The van der Waals surface area contributed by atoms with Crippen molar-refractivity contribution in [2.45, 2.75) is 64.0 Å². The van der Waals surface area contributed by atoms with E-state index in [9.17, 15) is 29.1 Å². The molecule has 1 aromatic carbocycles. The highest BCUT2D eigenvalue weighted by atomic mass is 16.6. The van der Waals surface area contributed by atoms with Crippen molar-refractivity contribution in [3.63, 3.8) is 0 Å². The molecule has 4 rings (SSSR count). The zero-order valence-corrected chi connectivity index (χ0v) is 28.3. The summed E-state index contributed by atoms with van der Waals surface area (Å²) in [6.07, 6.45) is 2.88. The zero-order valence-electron chi connectivity index (χ0n) is 28.3. The van der Waals surface area contributed by atoms with Gasteiger partial charge in [-0.15, -0.1) is 0 Å². The van der Waals surface area contributed by atoms with Gasteiger partial charge in [-0.3, -0.25) is 19.2 Å². The number of piperazine rings is 1. The van der Waals surface area contributed by atoms with Gasteiger partial charge in [0, 0.05) is 83.3 Å². The summed E-state index contributed by atoms with van der Waals surface area (Å²) in [7, 11) is 1.48. The number of methoxy groups -OCH3 is 1. The first-order valence-corrected chi connectivity index (χ1v) is 16.9. The fourth-order valence-electron chi connectivity index (χ4n) is 5.77. The number of benzene rings is 1. The highest BCUT2D eigenvalue weighted by Crippen LogP contribution is 2.26. The lowest BCUT2D eigenvalue weighted by Crippen LogP contribution is -2.56. The van der Waals surface area contributed by atoms with Crippen LogP contribution in [-0.2, 0) is 23.9 Å². The van der Waals surface area contributed by atoms with E-state index >= 15 is 0 Å². The van der Waals surface area contributed by atoms with Crippen molar-refractivity contribution in [2.75, 3.05) is 59.6 Å². The molecule has 0 saturated carbocycles. The van der Waals surface area contributed by atoms with Gasteiger partial charge in [0.1, 0.15) is 30.2 Å². The maximum Gasteiger partial charge on any atom is 0.409 e. The van der Waals surface area contributed by atoms with Crippen LogP contribution < -0.4 is 10.1 Å². The number of likely N-dealkylation sites (tertiary alicyclic amines) is 1. The lowest BCUT2D eigenvalue weighted by Gasteiger charge is -2.36. The molecule has 2 aliphatic heterocycles. The third-order valence-corrected chi connectivity index (χ3v) is 8.54.